The lowest BCUT2D eigenvalue weighted by Crippen LogP contribution is -2.28. The quantitative estimate of drug-likeness (QED) is 0.797. The van der Waals surface area contributed by atoms with Crippen molar-refractivity contribution in [2.45, 2.75) is 25.3 Å². The van der Waals surface area contributed by atoms with Crippen LogP contribution in [-0.2, 0) is 6.42 Å². The van der Waals surface area contributed by atoms with E-state index in [-0.39, 0.29) is 0 Å². The lowest BCUT2D eigenvalue weighted by atomic mass is 9.94. The Bertz CT molecular complexity index is 555. The number of thiophene rings is 1. The first kappa shape index (κ1) is 14.1. The molecule has 20 heavy (non-hydrogen) atoms. The maximum absolute atomic E-state index is 5.72. The van der Waals surface area contributed by atoms with E-state index in [0.29, 0.717) is 12.6 Å². The number of rotatable bonds is 5. The second kappa shape index (κ2) is 6.74. The molecule has 1 aliphatic rings. The van der Waals surface area contributed by atoms with Gasteiger partial charge in [0.05, 0.1) is 3.79 Å². The van der Waals surface area contributed by atoms with Gasteiger partial charge in [0.25, 0.3) is 0 Å². The Labute approximate surface area is 132 Å². The third-order valence-corrected chi connectivity index (χ3v) is 5.30. The highest BCUT2D eigenvalue weighted by Gasteiger charge is 2.21. The molecule has 0 amide bonds. The zero-order valence-corrected chi connectivity index (χ0v) is 13.7. The average molecular weight is 352 g/mol. The van der Waals surface area contributed by atoms with Gasteiger partial charge in [-0.05, 0) is 59.0 Å². The van der Waals surface area contributed by atoms with Gasteiger partial charge < -0.3 is 10.1 Å². The summed E-state index contributed by atoms with van der Waals surface area (Å²) in [4.78, 5) is 1.53. The van der Waals surface area contributed by atoms with Crippen molar-refractivity contribution < 1.29 is 4.74 Å². The van der Waals surface area contributed by atoms with Crippen molar-refractivity contribution in [3.63, 3.8) is 0 Å². The zero-order chi connectivity index (χ0) is 13.8. The molecular weight excluding hydrogens is 334 g/mol. The Morgan fingerprint density at radius 3 is 3.00 bits per heavy atom. The van der Waals surface area contributed by atoms with Gasteiger partial charge in [0.1, 0.15) is 12.4 Å². The summed E-state index contributed by atoms with van der Waals surface area (Å²) in [6.07, 6.45) is 3.73. The molecule has 1 unspecified atom stereocenters. The summed E-state index contributed by atoms with van der Waals surface area (Å²) in [6.45, 7) is 1.59. The smallest absolute Gasteiger partial charge is 0.119 e. The third-order valence-electron chi connectivity index (χ3n) is 3.59. The van der Waals surface area contributed by atoms with E-state index >= 15 is 0 Å². The van der Waals surface area contributed by atoms with Gasteiger partial charge in [-0.25, -0.2) is 0 Å². The summed E-state index contributed by atoms with van der Waals surface area (Å²) in [5.74, 6) is 0.942. The van der Waals surface area contributed by atoms with Gasteiger partial charge in [-0.3, -0.25) is 0 Å². The van der Waals surface area contributed by atoms with Crippen LogP contribution in [0.4, 0.5) is 0 Å². The summed E-state index contributed by atoms with van der Waals surface area (Å²) < 4.78 is 6.97. The van der Waals surface area contributed by atoms with E-state index in [0.717, 1.165) is 12.3 Å². The first-order valence-corrected chi connectivity index (χ1v) is 8.63. The number of hydrogen-bond acceptors (Lipinski definition) is 3. The third kappa shape index (κ3) is 3.43. The normalized spacial score (nSPS) is 17.8. The molecule has 4 heteroatoms. The molecule has 0 radical (unpaired) electrons. The van der Waals surface area contributed by atoms with E-state index in [1.807, 2.05) is 41.7 Å². The van der Waals surface area contributed by atoms with Crippen molar-refractivity contribution in [2.24, 2.45) is 0 Å². The zero-order valence-electron chi connectivity index (χ0n) is 11.3. The van der Waals surface area contributed by atoms with Gasteiger partial charge in [0.15, 0.2) is 0 Å². The molecule has 1 atom stereocenters. The number of halogens is 1. The molecule has 1 heterocycles. The molecule has 2 nitrogen and oxygen atoms in total. The summed E-state index contributed by atoms with van der Waals surface area (Å²) in [5.41, 5.74) is 1.48. The van der Waals surface area contributed by atoms with E-state index in [1.165, 1.54) is 33.5 Å². The van der Waals surface area contributed by atoms with E-state index in [1.54, 1.807) is 0 Å². The molecule has 0 saturated carbocycles. The van der Waals surface area contributed by atoms with Crippen LogP contribution in [-0.4, -0.2) is 13.2 Å². The van der Waals surface area contributed by atoms with Gasteiger partial charge in [-0.2, -0.15) is 0 Å². The summed E-state index contributed by atoms with van der Waals surface area (Å²) in [6, 6.07) is 12.8. The summed E-state index contributed by atoms with van der Waals surface area (Å²) in [7, 11) is 0. The van der Waals surface area contributed by atoms with Gasteiger partial charge in [-0.1, -0.05) is 18.2 Å². The van der Waals surface area contributed by atoms with Crippen molar-refractivity contribution in [3.05, 3.63) is 50.6 Å². The second-order valence-electron chi connectivity index (χ2n) is 4.99. The van der Waals surface area contributed by atoms with Crippen molar-refractivity contribution in [2.75, 3.05) is 13.2 Å². The molecule has 0 aliphatic heterocycles. The van der Waals surface area contributed by atoms with Crippen LogP contribution in [0, 0.1) is 0 Å². The molecule has 0 saturated heterocycles. The van der Waals surface area contributed by atoms with Gasteiger partial charge in [0, 0.05) is 17.5 Å². The number of fused-ring (bicyclic) bond motifs is 1. The van der Waals surface area contributed by atoms with Gasteiger partial charge >= 0.3 is 0 Å². The van der Waals surface area contributed by atoms with Gasteiger partial charge in [0.2, 0.25) is 0 Å². The molecular formula is C16H18BrNOS. The minimum Gasteiger partial charge on any atom is -0.492 e. The fraction of sp³-hybridized carbons (Fsp3) is 0.375. The summed E-state index contributed by atoms with van der Waals surface area (Å²) in [5, 5.41) is 3.62. The number of para-hydroxylation sites is 1. The van der Waals surface area contributed by atoms with Crippen molar-refractivity contribution >= 4 is 27.3 Å². The Morgan fingerprint density at radius 1 is 1.30 bits per heavy atom. The molecule has 1 aromatic heterocycles. The molecule has 1 aromatic carbocycles. The Morgan fingerprint density at radius 2 is 2.15 bits per heavy atom. The largest absolute Gasteiger partial charge is 0.492 e. The van der Waals surface area contributed by atoms with E-state index in [4.69, 9.17) is 4.74 Å². The number of nitrogens with one attached hydrogen (secondary N) is 1. The fourth-order valence-electron chi connectivity index (χ4n) is 2.65. The first-order chi connectivity index (χ1) is 9.83. The highest BCUT2D eigenvalue weighted by atomic mass is 79.9. The molecule has 1 aliphatic carbocycles. The number of benzene rings is 1. The Hall–Kier alpha value is -0.840. The van der Waals surface area contributed by atoms with Crippen LogP contribution in [0.25, 0.3) is 0 Å². The molecule has 106 valence electrons. The van der Waals surface area contributed by atoms with Crippen LogP contribution >= 0.6 is 27.3 Å². The molecule has 1 N–H and O–H groups in total. The molecule has 2 aromatic rings. The van der Waals surface area contributed by atoms with E-state index in [2.05, 4.69) is 27.3 Å². The number of aryl methyl sites for hydroxylation is 1. The maximum atomic E-state index is 5.72. The van der Waals surface area contributed by atoms with E-state index < -0.39 is 0 Å². The first-order valence-electron chi connectivity index (χ1n) is 7.02. The predicted octanol–water partition coefficient (Wildman–Crippen LogP) is 4.56. The molecule has 0 fully saturated rings. The van der Waals surface area contributed by atoms with Crippen molar-refractivity contribution in [1.29, 1.82) is 0 Å². The lowest BCUT2D eigenvalue weighted by Gasteiger charge is -2.23. The number of ether oxygens (including phenoxy) is 1. The molecule has 3 rings (SSSR count). The SMILES string of the molecule is Brc1cc2c(s1)CCCC2NCCOc1ccccc1. The predicted molar refractivity (Wildman–Crippen MR) is 87.6 cm³/mol. The fourth-order valence-corrected chi connectivity index (χ4v) is 4.47. The van der Waals surface area contributed by atoms with Crippen LogP contribution < -0.4 is 10.1 Å². The maximum Gasteiger partial charge on any atom is 0.119 e. The highest BCUT2D eigenvalue weighted by molar-refractivity contribution is 9.11. The molecule has 0 spiro atoms. The average Bonchev–Trinajstić information content (AvgIpc) is 2.86. The van der Waals surface area contributed by atoms with Crippen LogP contribution in [0.15, 0.2) is 40.2 Å². The van der Waals surface area contributed by atoms with Crippen LogP contribution in [0.5, 0.6) is 5.75 Å². The van der Waals surface area contributed by atoms with E-state index in [9.17, 15) is 0 Å². The van der Waals surface area contributed by atoms with Gasteiger partial charge in [-0.15, -0.1) is 11.3 Å². The highest BCUT2D eigenvalue weighted by Crippen LogP contribution is 2.37. The molecule has 0 bridgehead atoms. The topological polar surface area (TPSA) is 21.3 Å². The monoisotopic (exact) mass is 351 g/mol. The minimum absolute atomic E-state index is 0.487. The second-order valence-corrected chi connectivity index (χ2v) is 7.51. The van der Waals surface area contributed by atoms with Crippen molar-refractivity contribution in [1.82, 2.24) is 5.32 Å². The summed E-state index contributed by atoms with van der Waals surface area (Å²) >= 11 is 5.47. The standard InChI is InChI=1S/C16H18BrNOS/c17-16-11-13-14(7-4-8-15(13)20-16)18-9-10-19-12-5-2-1-3-6-12/h1-3,5-6,11,14,18H,4,7-10H2. The van der Waals surface area contributed by atoms with Crippen LogP contribution in [0.3, 0.4) is 0 Å². The number of hydrogen-bond donors (Lipinski definition) is 1. The van der Waals surface area contributed by atoms with Crippen molar-refractivity contribution in [3.8, 4) is 5.75 Å². The Balaban J connectivity index is 1.50. The van der Waals surface area contributed by atoms with Crippen LogP contribution in [0.2, 0.25) is 0 Å². The minimum atomic E-state index is 0.487. The lowest BCUT2D eigenvalue weighted by molar-refractivity contribution is 0.301. The Kier molecular flexibility index (Phi) is 4.76. The van der Waals surface area contributed by atoms with Crippen LogP contribution in [0.1, 0.15) is 29.3 Å².